The number of hydrogen-bond acceptors (Lipinski definition) is 13. The molecule has 7 aromatic rings. The van der Waals surface area contributed by atoms with Crippen LogP contribution < -0.4 is 20.5 Å². The van der Waals surface area contributed by atoms with Crippen molar-refractivity contribution in [3.8, 4) is 38.6 Å². The lowest BCUT2D eigenvalue weighted by Crippen LogP contribution is -2.49. The van der Waals surface area contributed by atoms with Gasteiger partial charge in [0.25, 0.3) is 10.0 Å². The van der Waals surface area contributed by atoms with E-state index in [2.05, 4.69) is 20.4 Å². The van der Waals surface area contributed by atoms with Crippen LogP contribution >= 0.6 is 11.3 Å². The number of alkyl halides is 2. The molecule has 0 saturated carbocycles. The molecule has 0 spiro atoms. The van der Waals surface area contributed by atoms with Crippen molar-refractivity contribution in [2.45, 2.75) is 123 Å². The highest BCUT2D eigenvalue weighted by molar-refractivity contribution is 7.93. The van der Waals surface area contributed by atoms with Gasteiger partial charge in [0.1, 0.15) is 41.0 Å². The van der Waals surface area contributed by atoms with Crippen molar-refractivity contribution in [1.29, 1.82) is 0 Å². The van der Waals surface area contributed by atoms with Crippen LogP contribution in [-0.2, 0) is 44.5 Å². The van der Waals surface area contributed by atoms with Crippen LogP contribution in [0, 0.1) is 24.1 Å². The van der Waals surface area contributed by atoms with E-state index in [1.165, 1.54) is 47.4 Å². The van der Waals surface area contributed by atoms with Crippen LogP contribution in [0.25, 0.3) is 43.7 Å². The van der Waals surface area contributed by atoms with Crippen LogP contribution in [0.5, 0.6) is 5.75 Å². The van der Waals surface area contributed by atoms with Crippen molar-refractivity contribution in [3.05, 3.63) is 113 Å². The lowest BCUT2D eigenvalue weighted by atomic mass is 9.76. The van der Waals surface area contributed by atoms with Gasteiger partial charge < -0.3 is 25.8 Å². The molecule has 1 fully saturated rings. The molecule has 1 aliphatic heterocycles. The molecule has 3 aromatic carbocycles. The fraction of sp³-hybridized carbons (Fsp3) is 0.411. The number of carbonyl (C=O) groups is 3. The normalized spacial score (nSPS) is 15.7. The number of nitrogen functional groups attached to an aromatic ring is 1. The second kappa shape index (κ2) is 24.2. The van der Waals surface area contributed by atoms with Crippen LogP contribution in [0.3, 0.4) is 0 Å². The first-order chi connectivity index (χ1) is 37.1. The summed E-state index contributed by atoms with van der Waals surface area (Å²) in [4.78, 5) is 52.4. The number of aliphatic hydroxyl groups excluding tert-OH is 1. The molecule has 0 radical (unpaired) electrons. The van der Waals surface area contributed by atoms with E-state index in [0.717, 1.165) is 46.5 Å². The number of nitrogens with zero attached hydrogens (tertiary/aromatic N) is 7. The Balaban J connectivity index is 0.836. The van der Waals surface area contributed by atoms with Gasteiger partial charge in [-0.1, -0.05) is 76.1 Å². The van der Waals surface area contributed by atoms with Crippen molar-refractivity contribution in [2.24, 2.45) is 18.4 Å². The predicted molar refractivity (Wildman–Crippen MR) is 294 cm³/mol. The van der Waals surface area contributed by atoms with Gasteiger partial charge >= 0.3 is 5.76 Å². The number of thiazole rings is 1. The topological polar surface area (TPSA) is 230 Å². The number of benzene rings is 3. The largest absolute Gasteiger partial charge is 0.484 e. The maximum atomic E-state index is 14.2. The number of anilines is 2. The van der Waals surface area contributed by atoms with Crippen molar-refractivity contribution in [1.82, 2.24) is 39.7 Å². The zero-order chi connectivity index (χ0) is 56.1. The Labute approximate surface area is 455 Å². The molecule has 1 saturated heterocycles. The van der Waals surface area contributed by atoms with Gasteiger partial charge in [0.15, 0.2) is 0 Å². The van der Waals surface area contributed by atoms with Gasteiger partial charge in [-0.3, -0.25) is 28.5 Å². The molecule has 0 aliphatic carbocycles. The number of Topliss-reactive ketones (excluding diaryl/α,β-unsaturated/α-hetero) is 1. The number of nitrogens with one attached hydrogen (secondary N) is 2. The third kappa shape index (κ3) is 13.4. The molecule has 0 unspecified atom stereocenters. The quantitative estimate of drug-likeness (QED) is 0.0439. The van der Waals surface area contributed by atoms with Gasteiger partial charge in [0, 0.05) is 80.9 Å². The number of carbonyl (C=O) groups excluding carboxylic acids is 3. The van der Waals surface area contributed by atoms with Crippen LogP contribution in [0.2, 0.25) is 0 Å². The van der Waals surface area contributed by atoms with E-state index in [1.54, 1.807) is 42.4 Å². The molecule has 8 rings (SSSR count). The molecule has 4 aromatic heterocycles. The lowest BCUT2D eigenvalue weighted by molar-refractivity contribution is -0.145. The van der Waals surface area contributed by atoms with Gasteiger partial charge in [-0.05, 0) is 79.5 Å². The van der Waals surface area contributed by atoms with E-state index < -0.39 is 51.2 Å². The number of likely N-dealkylation sites (tertiary alicyclic amines) is 1. The number of β-amino-alcohol motifs (C(OH)–C–C–N with tert-alkyl or cyclic N) is 1. The summed E-state index contributed by atoms with van der Waals surface area (Å²) in [6, 6.07) is 16.8. The highest BCUT2D eigenvalue weighted by Crippen LogP contribution is 2.41. The SMILES string of the molecule is Cc1ncsc1-c1ccc(CNC(=O)[C@@H]2C[C@@H](O)CN2C(=O)[C@@H](CCC(=O)CCCCCCn2cc(-c3cnc(N)c4c(-c5ccc(NS(=O)(=O)C(F)F)c(O[C@@H](C)c6ccc(F)cc6)c5)nn(C)c34)cn2)C(C)(C)C)cc1. The number of halogens is 3. The predicted octanol–water partition coefficient (Wildman–Crippen LogP) is 10.00. The van der Waals surface area contributed by atoms with Crippen molar-refractivity contribution < 1.29 is 45.8 Å². The monoisotopic (exact) mass is 1110 g/mol. The Hall–Kier alpha value is -7.17. The van der Waals surface area contributed by atoms with Crippen LogP contribution in [0.15, 0.2) is 90.8 Å². The third-order valence-electron chi connectivity index (χ3n) is 14.2. The molecule has 78 heavy (non-hydrogen) atoms. The van der Waals surface area contributed by atoms with Gasteiger partial charge in [-0.15, -0.1) is 11.3 Å². The molecule has 0 bridgehead atoms. The smallest absolute Gasteiger partial charge is 0.355 e. The summed E-state index contributed by atoms with van der Waals surface area (Å²) in [5, 5.41) is 23.5. The Bertz CT molecular complexity index is 3380. The first-order valence-electron chi connectivity index (χ1n) is 25.9. The van der Waals surface area contributed by atoms with Crippen LogP contribution in [-0.4, -0.2) is 90.0 Å². The summed E-state index contributed by atoms with van der Waals surface area (Å²) in [6.07, 6.45) is 7.90. The summed E-state index contributed by atoms with van der Waals surface area (Å²) in [7, 11) is -3.34. The number of aryl methyl sites for hydroxylation is 3. The molecule has 2 amide bonds. The fourth-order valence-electron chi connectivity index (χ4n) is 9.89. The Morgan fingerprint density at radius 1 is 0.949 bits per heavy atom. The number of fused-ring (bicyclic) bond motifs is 1. The number of aliphatic hydroxyl groups is 1. The molecule has 5 heterocycles. The molecule has 4 atom stereocenters. The zero-order valence-corrected chi connectivity index (χ0v) is 46.0. The minimum Gasteiger partial charge on any atom is -0.484 e. The Kier molecular flexibility index (Phi) is 17.7. The standard InChI is InChI=1S/C56H65F3N10O7S2/c1-33-51(77-32-63-33)37-14-12-35(13-15-37)27-62-53(72)46-26-42(71)31-69(46)54(73)44(56(3,4)5)22-21-41(70)11-9-7-8-10-24-68-30-39(28-64-68)43-29-61-52(60)48-49(65-67(6)50(43)48)38-18-23-45(66-78(74,75)55(58)59)47(25-38)76-34(2)36-16-19-40(57)20-17-36/h12-20,23,25,28-30,32,34,42,44,46,55,66,71H,7-11,21-22,24,26-27,31H2,1-6H3,(H2,60,61)(H,62,72)/t34-,42+,44+,46-/m0/s1. The number of unbranched alkanes of at least 4 members (excludes halogenated alkanes) is 3. The average Bonchev–Trinajstić information content (AvgIpc) is 4.31. The molecular weight excluding hydrogens is 1050 g/mol. The number of amides is 2. The summed E-state index contributed by atoms with van der Waals surface area (Å²) in [6.45, 7) is 10.4. The van der Waals surface area contributed by atoms with E-state index in [0.29, 0.717) is 59.1 Å². The minimum atomic E-state index is -5.08. The number of ketones is 1. The maximum Gasteiger partial charge on any atom is 0.355 e. The highest BCUT2D eigenvalue weighted by atomic mass is 32.2. The molecule has 1 aliphatic rings. The average molecular weight is 1110 g/mol. The molecule has 17 nitrogen and oxygen atoms in total. The molecule has 22 heteroatoms. The van der Waals surface area contributed by atoms with Gasteiger partial charge in [0.2, 0.25) is 11.8 Å². The second-order valence-electron chi connectivity index (χ2n) is 20.9. The summed E-state index contributed by atoms with van der Waals surface area (Å²) >= 11 is 1.57. The van der Waals surface area contributed by atoms with Gasteiger partial charge in [-0.2, -0.15) is 19.0 Å². The van der Waals surface area contributed by atoms with Gasteiger partial charge in [0.05, 0.1) is 45.0 Å². The third-order valence-corrected chi connectivity index (χ3v) is 16.1. The van der Waals surface area contributed by atoms with E-state index in [9.17, 15) is 41.1 Å². The van der Waals surface area contributed by atoms with E-state index in [-0.39, 0.29) is 60.8 Å². The van der Waals surface area contributed by atoms with E-state index in [4.69, 9.17) is 15.6 Å². The first-order valence-corrected chi connectivity index (χ1v) is 28.3. The van der Waals surface area contributed by atoms with Crippen molar-refractivity contribution >= 4 is 61.4 Å². The Morgan fingerprint density at radius 3 is 2.36 bits per heavy atom. The minimum absolute atomic E-state index is 0.0546. The number of hydrogen-bond donors (Lipinski definition) is 4. The number of rotatable bonds is 23. The lowest BCUT2D eigenvalue weighted by Gasteiger charge is -2.35. The van der Waals surface area contributed by atoms with Gasteiger partial charge in [-0.25, -0.2) is 22.8 Å². The fourth-order valence-corrected chi connectivity index (χ4v) is 11.3. The maximum absolute atomic E-state index is 14.2. The Morgan fingerprint density at radius 2 is 1.67 bits per heavy atom. The molecule has 414 valence electrons. The number of pyridine rings is 1. The number of sulfonamides is 1. The summed E-state index contributed by atoms with van der Waals surface area (Å²) in [5.74, 6) is -5.12. The molecular formula is C56H65F3N10O7S2. The van der Waals surface area contributed by atoms with Crippen molar-refractivity contribution in [2.75, 3.05) is 17.0 Å². The number of aromatic nitrogens is 6. The number of ether oxygens (including phenoxy) is 1. The summed E-state index contributed by atoms with van der Waals surface area (Å²) < 4.78 is 76.7. The van der Waals surface area contributed by atoms with E-state index >= 15 is 0 Å². The number of nitrogens with two attached hydrogens (primary N) is 1. The van der Waals surface area contributed by atoms with E-state index in [1.807, 2.05) is 73.1 Å². The van der Waals surface area contributed by atoms with Crippen LogP contribution in [0.4, 0.5) is 24.7 Å². The highest BCUT2D eigenvalue weighted by Gasteiger charge is 2.44. The zero-order valence-electron chi connectivity index (χ0n) is 44.4. The first kappa shape index (κ1) is 57.0. The molecule has 5 N–H and O–H groups in total. The summed E-state index contributed by atoms with van der Waals surface area (Å²) in [5.41, 5.74) is 13.9. The van der Waals surface area contributed by atoms with Crippen LogP contribution in [0.1, 0.15) is 102 Å². The van der Waals surface area contributed by atoms with Crippen molar-refractivity contribution in [3.63, 3.8) is 0 Å². The second-order valence-corrected chi connectivity index (χ2v) is 23.4.